The number of benzene rings is 2. The molecule has 3 aromatic rings. The van der Waals surface area contributed by atoms with Gasteiger partial charge in [0.2, 0.25) is 17.6 Å². The summed E-state index contributed by atoms with van der Waals surface area (Å²) < 4.78 is 6.24. The number of ketones is 1. The maximum absolute atomic E-state index is 12.9. The van der Waals surface area contributed by atoms with Gasteiger partial charge < -0.3 is 9.64 Å². The van der Waals surface area contributed by atoms with Crippen LogP contribution < -0.4 is 4.90 Å². The van der Waals surface area contributed by atoms with Crippen molar-refractivity contribution < 1.29 is 19.1 Å². The average molecular weight is 460 g/mol. The number of carbonyl (C=O) groups is 3. The van der Waals surface area contributed by atoms with Crippen LogP contribution in [-0.4, -0.2) is 53.8 Å². The summed E-state index contributed by atoms with van der Waals surface area (Å²) in [5, 5.41) is 0.637. The van der Waals surface area contributed by atoms with E-state index < -0.39 is 0 Å². The fourth-order valence-electron chi connectivity index (χ4n) is 4.00. The van der Waals surface area contributed by atoms with Crippen LogP contribution in [0, 0.1) is 0 Å². The maximum Gasteiger partial charge on any atom is 0.246 e. The number of amides is 2. The van der Waals surface area contributed by atoms with Crippen molar-refractivity contribution in [2.75, 3.05) is 31.2 Å². The minimum atomic E-state index is -0.224. The molecule has 0 unspecified atom stereocenters. The normalized spacial score (nSPS) is 17.4. The molecule has 166 valence electrons. The lowest BCUT2D eigenvalue weighted by Gasteiger charge is -2.25. The SMILES string of the molecule is CC(=O)N1/C(=C\c2nc3cc(/C=C/C(=O)N4CCOCC4)ccc3s2)C(=O)c2ccccc21. The van der Waals surface area contributed by atoms with Crippen LogP contribution in [0.1, 0.15) is 27.9 Å². The number of para-hydroxylation sites is 1. The minimum absolute atomic E-state index is 0.0364. The van der Waals surface area contributed by atoms with Crippen molar-refractivity contribution in [3.05, 3.63) is 70.4 Å². The summed E-state index contributed by atoms with van der Waals surface area (Å²) in [4.78, 5) is 45.4. The Morgan fingerprint density at radius 1 is 1.12 bits per heavy atom. The first-order valence-electron chi connectivity index (χ1n) is 10.6. The first-order valence-corrected chi connectivity index (χ1v) is 11.4. The van der Waals surface area contributed by atoms with E-state index >= 15 is 0 Å². The van der Waals surface area contributed by atoms with Gasteiger partial charge in [-0.2, -0.15) is 0 Å². The molecule has 1 aromatic heterocycles. The Bertz CT molecular complexity index is 1330. The van der Waals surface area contributed by atoms with Gasteiger partial charge in [-0.15, -0.1) is 11.3 Å². The molecule has 2 aliphatic heterocycles. The molecule has 2 amide bonds. The van der Waals surface area contributed by atoms with Crippen molar-refractivity contribution in [3.63, 3.8) is 0 Å². The van der Waals surface area contributed by atoms with E-state index in [1.807, 2.05) is 24.3 Å². The highest BCUT2D eigenvalue weighted by molar-refractivity contribution is 7.19. The fraction of sp³-hybridized carbons (Fsp3) is 0.200. The number of nitrogens with zero attached hydrogens (tertiary/aromatic N) is 3. The summed E-state index contributed by atoms with van der Waals surface area (Å²) >= 11 is 1.44. The Morgan fingerprint density at radius 2 is 1.91 bits per heavy atom. The van der Waals surface area contributed by atoms with Gasteiger partial charge in [-0.25, -0.2) is 4.98 Å². The smallest absolute Gasteiger partial charge is 0.246 e. The van der Waals surface area contributed by atoms with E-state index in [4.69, 9.17) is 4.74 Å². The first-order chi connectivity index (χ1) is 16.0. The molecule has 0 aliphatic carbocycles. The fourth-order valence-corrected chi connectivity index (χ4v) is 4.89. The molecule has 1 saturated heterocycles. The number of Topliss-reactive ketones (excluding diaryl/α,β-unsaturated/α-hetero) is 1. The van der Waals surface area contributed by atoms with Gasteiger partial charge in [0.05, 0.1) is 34.8 Å². The van der Waals surface area contributed by atoms with E-state index in [0.717, 1.165) is 15.8 Å². The second-order valence-corrected chi connectivity index (χ2v) is 8.84. The predicted molar refractivity (Wildman–Crippen MR) is 128 cm³/mol. The topological polar surface area (TPSA) is 79.8 Å². The van der Waals surface area contributed by atoms with Crippen LogP contribution in [0.25, 0.3) is 22.4 Å². The third kappa shape index (κ3) is 4.10. The number of carbonyl (C=O) groups excluding carboxylic acids is 3. The monoisotopic (exact) mass is 459 g/mol. The number of fused-ring (bicyclic) bond motifs is 2. The van der Waals surface area contributed by atoms with Gasteiger partial charge in [0, 0.05) is 37.7 Å². The van der Waals surface area contributed by atoms with Crippen LogP contribution in [0.15, 0.2) is 54.2 Å². The zero-order valence-corrected chi connectivity index (χ0v) is 18.8. The summed E-state index contributed by atoms with van der Waals surface area (Å²) in [5.41, 5.74) is 3.05. The summed E-state index contributed by atoms with van der Waals surface area (Å²) in [5.74, 6) is -0.450. The Labute approximate surface area is 194 Å². The highest BCUT2D eigenvalue weighted by atomic mass is 32.1. The Morgan fingerprint density at radius 3 is 2.70 bits per heavy atom. The number of allylic oxidation sites excluding steroid dienone is 1. The summed E-state index contributed by atoms with van der Waals surface area (Å²) in [6.45, 7) is 3.78. The van der Waals surface area contributed by atoms with E-state index in [1.54, 1.807) is 41.3 Å². The number of morpholine rings is 1. The second kappa shape index (κ2) is 8.73. The molecular weight excluding hydrogens is 438 g/mol. The number of hydrogen-bond acceptors (Lipinski definition) is 6. The third-order valence-electron chi connectivity index (χ3n) is 5.61. The molecule has 0 saturated carbocycles. The second-order valence-electron chi connectivity index (χ2n) is 7.78. The lowest BCUT2D eigenvalue weighted by atomic mass is 10.1. The zero-order chi connectivity index (χ0) is 22.9. The van der Waals surface area contributed by atoms with Crippen LogP contribution in [-0.2, 0) is 14.3 Å². The van der Waals surface area contributed by atoms with E-state index in [2.05, 4.69) is 4.98 Å². The molecule has 0 bridgehead atoms. The van der Waals surface area contributed by atoms with Gasteiger partial charge in [0.1, 0.15) is 5.01 Å². The molecule has 2 aromatic carbocycles. The molecule has 0 radical (unpaired) electrons. The van der Waals surface area contributed by atoms with Crippen molar-refractivity contribution in [3.8, 4) is 0 Å². The Balaban J connectivity index is 1.42. The molecule has 2 aliphatic rings. The van der Waals surface area contributed by atoms with Gasteiger partial charge in [-0.05, 0) is 35.9 Å². The van der Waals surface area contributed by atoms with Crippen LogP contribution >= 0.6 is 11.3 Å². The predicted octanol–water partition coefficient (Wildman–Crippen LogP) is 3.76. The summed E-state index contributed by atoms with van der Waals surface area (Å²) in [6.07, 6.45) is 5.02. The molecule has 1 fully saturated rings. The largest absolute Gasteiger partial charge is 0.378 e. The van der Waals surface area contributed by atoms with E-state index in [1.165, 1.54) is 23.2 Å². The number of rotatable bonds is 3. The lowest BCUT2D eigenvalue weighted by Crippen LogP contribution is -2.39. The molecule has 5 rings (SSSR count). The molecule has 33 heavy (non-hydrogen) atoms. The average Bonchev–Trinajstić information content (AvgIpc) is 3.36. The number of thiazole rings is 1. The highest BCUT2D eigenvalue weighted by Gasteiger charge is 2.34. The number of ether oxygens (including phenoxy) is 1. The van der Waals surface area contributed by atoms with E-state index in [9.17, 15) is 14.4 Å². The maximum atomic E-state index is 12.9. The number of aromatic nitrogens is 1. The van der Waals surface area contributed by atoms with Crippen molar-refractivity contribution in [1.82, 2.24) is 9.88 Å². The van der Waals surface area contributed by atoms with Crippen LogP contribution in [0.4, 0.5) is 5.69 Å². The molecular formula is C25H21N3O4S. The van der Waals surface area contributed by atoms with Gasteiger partial charge in [-0.1, -0.05) is 18.2 Å². The van der Waals surface area contributed by atoms with Crippen molar-refractivity contribution in [2.45, 2.75) is 6.92 Å². The first kappa shape index (κ1) is 21.2. The standard InChI is InChI=1S/C25H21N3O4S/c1-16(29)28-20-5-3-2-4-18(20)25(31)21(28)15-23-26-19-14-17(6-8-22(19)33-23)7-9-24(30)27-10-12-32-13-11-27/h2-9,14-15H,10-13H2,1H3/b9-7+,21-15-. The highest BCUT2D eigenvalue weighted by Crippen LogP contribution is 2.36. The van der Waals surface area contributed by atoms with Crippen LogP contribution in [0.3, 0.4) is 0 Å². The Kier molecular flexibility index (Phi) is 5.62. The van der Waals surface area contributed by atoms with E-state index in [0.29, 0.717) is 48.3 Å². The van der Waals surface area contributed by atoms with Gasteiger partial charge in [0.25, 0.3) is 0 Å². The zero-order valence-electron chi connectivity index (χ0n) is 18.0. The summed E-state index contributed by atoms with van der Waals surface area (Å²) in [6, 6.07) is 12.9. The van der Waals surface area contributed by atoms with Gasteiger partial charge in [-0.3, -0.25) is 19.3 Å². The molecule has 0 atom stereocenters. The molecule has 0 spiro atoms. The Hall–Kier alpha value is -3.62. The number of hydrogen-bond donors (Lipinski definition) is 0. The lowest BCUT2D eigenvalue weighted by molar-refractivity contribution is -0.129. The van der Waals surface area contributed by atoms with Crippen molar-refractivity contribution in [1.29, 1.82) is 0 Å². The van der Waals surface area contributed by atoms with Crippen molar-refractivity contribution >= 4 is 57.0 Å². The third-order valence-corrected chi connectivity index (χ3v) is 6.59. The number of anilines is 1. The van der Waals surface area contributed by atoms with Crippen LogP contribution in [0.5, 0.6) is 0 Å². The van der Waals surface area contributed by atoms with Crippen molar-refractivity contribution in [2.24, 2.45) is 0 Å². The molecule has 7 nitrogen and oxygen atoms in total. The quantitative estimate of drug-likeness (QED) is 0.557. The molecule has 8 heteroatoms. The summed E-state index contributed by atoms with van der Waals surface area (Å²) in [7, 11) is 0. The minimum Gasteiger partial charge on any atom is -0.378 e. The molecule has 3 heterocycles. The van der Waals surface area contributed by atoms with Gasteiger partial charge in [0.15, 0.2) is 0 Å². The molecule has 0 N–H and O–H groups in total. The van der Waals surface area contributed by atoms with E-state index in [-0.39, 0.29) is 17.6 Å². The van der Waals surface area contributed by atoms with Gasteiger partial charge >= 0.3 is 0 Å². The van der Waals surface area contributed by atoms with Crippen LogP contribution in [0.2, 0.25) is 0 Å².